The summed E-state index contributed by atoms with van der Waals surface area (Å²) < 4.78 is 32.3. The summed E-state index contributed by atoms with van der Waals surface area (Å²) in [6, 6.07) is 6.88. The van der Waals surface area contributed by atoms with E-state index in [1.807, 2.05) is 6.92 Å². The number of hydrogen-bond donors (Lipinski definition) is 0. The SMILES string of the molecule is CC1CN(S(=O)(=O)c2ccccc2CCl)CCCO1. The van der Waals surface area contributed by atoms with Gasteiger partial charge in [0.15, 0.2) is 0 Å². The lowest BCUT2D eigenvalue weighted by Gasteiger charge is -2.22. The number of sulfonamides is 1. The average Bonchev–Trinajstić information content (AvgIpc) is 2.64. The summed E-state index contributed by atoms with van der Waals surface area (Å²) in [5.41, 5.74) is 0.641. The molecule has 1 aliphatic heterocycles. The largest absolute Gasteiger partial charge is 0.377 e. The number of nitrogens with zero attached hydrogens (tertiary/aromatic N) is 1. The molecule has 1 heterocycles. The molecule has 2 rings (SSSR count). The fraction of sp³-hybridized carbons (Fsp3) is 0.538. The Morgan fingerprint density at radius 1 is 1.42 bits per heavy atom. The third kappa shape index (κ3) is 3.28. The first-order chi connectivity index (χ1) is 9.05. The zero-order valence-electron chi connectivity index (χ0n) is 10.9. The number of ether oxygens (including phenoxy) is 1. The number of hydrogen-bond acceptors (Lipinski definition) is 3. The summed E-state index contributed by atoms with van der Waals surface area (Å²) in [6.45, 7) is 3.37. The van der Waals surface area contributed by atoms with Gasteiger partial charge in [-0.05, 0) is 25.0 Å². The van der Waals surface area contributed by atoms with Gasteiger partial charge in [-0.3, -0.25) is 0 Å². The Kier molecular flexibility index (Phi) is 4.84. The Morgan fingerprint density at radius 3 is 2.89 bits per heavy atom. The number of rotatable bonds is 3. The molecule has 1 unspecified atom stereocenters. The smallest absolute Gasteiger partial charge is 0.243 e. The highest BCUT2D eigenvalue weighted by molar-refractivity contribution is 7.89. The summed E-state index contributed by atoms with van der Waals surface area (Å²) >= 11 is 5.83. The maximum atomic E-state index is 12.7. The molecular formula is C13H18ClNO3S. The normalized spacial score (nSPS) is 22.1. The molecule has 6 heteroatoms. The molecule has 0 saturated carbocycles. The zero-order chi connectivity index (χ0) is 13.9. The predicted octanol–water partition coefficient (Wildman–Crippen LogP) is 2.22. The fourth-order valence-electron chi connectivity index (χ4n) is 2.18. The van der Waals surface area contributed by atoms with E-state index in [9.17, 15) is 8.42 Å². The van der Waals surface area contributed by atoms with Gasteiger partial charge >= 0.3 is 0 Å². The van der Waals surface area contributed by atoms with Gasteiger partial charge in [0, 0.05) is 25.6 Å². The zero-order valence-corrected chi connectivity index (χ0v) is 12.5. The van der Waals surface area contributed by atoms with E-state index in [0.29, 0.717) is 36.6 Å². The third-order valence-electron chi connectivity index (χ3n) is 3.15. The van der Waals surface area contributed by atoms with Crippen molar-refractivity contribution in [3.63, 3.8) is 0 Å². The third-order valence-corrected chi connectivity index (χ3v) is 5.40. The predicted molar refractivity (Wildman–Crippen MR) is 74.8 cm³/mol. The molecule has 0 aromatic heterocycles. The summed E-state index contributed by atoms with van der Waals surface area (Å²) in [6.07, 6.45) is 0.632. The second kappa shape index (κ2) is 6.22. The first-order valence-electron chi connectivity index (χ1n) is 6.31. The van der Waals surface area contributed by atoms with Gasteiger partial charge in [-0.2, -0.15) is 4.31 Å². The monoisotopic (exact) mass is 303 g/mol. The quantitative estimate of drug-likeness (QED) is 0.805. The topological polar surface area (TPSA) is 46.6 Å². The number of halogens is 1. The van der Waals surface area contributed by atoms with Crippen LogP contribution in [-0.4, -0.2) is 38.5 Å². The molecule has 1 atom stereocenters. The highest BCUT2D eigenvalue weighted by Gasteiger charge is 2.29. The van der Waals surface area contributed by atoms with Gasteiger partial charge in [-0.25, -0.2) is 8.42 Å². The van der Waals surface area contributed by atoms with Gasteiger partial charge in [-0.15, -0.1) is 11.6 Å². The van der Waals surface area contributed by atoms with Gasteiger partial charge in [0.1, 0.15) is 0 Å². The van der Waals surface area contributed by atoms with Crippen molar-refractivity contribution in [3.8, 4) is 0 Å². The van der Waals surface area contributed by atoms with Crippen LogP contribution in [0.3, 0.4) is 0 Å². The molecule has 0 radical (unpaired) electrons. The fourth-order valence-corrected chi connectivity index (χ4v) is 4.27. The number of benzene rings is 1. The molecule has 0 amide bonds. The van der Waals surface area contributed by atoms with Crippen LogP contribution in [0.1, 0.15) is 18.9 Å². The number of alkyl halides is 1. The Hall–Kier alpha value is -0.620. The van der Waals surface area contributed by atoms with Crippen molar-refractivity contribution >= 4 is 21.6 Å². The minimum absolute atomic E-state index is 0.0829. The Balaban J connectivity index is 2.35. The van der Waals surface area contributed by atoms with Crippen LogP contribution in [0.25, 0.3) is 0 Å². The molecule has 106 valence electrons. The van der Waals surface area contributed by atoms with Crippen LogP contribution in [0.4, 0.5) is 0 Å². The van der Waals surface area contributed by atoms with Crippen molar-refractivity contribution in [2.45, 2.75) is 30.2 Å². The summed E-state index contributed by atoms with van der Waals surface area (Å²) in [5.74, 6) is 0.190. The summed E-state index contributed by atoms with van der Waals surface area (Å²) in [4.78, 5) is 0.305. The van der Waals surface area contributed by atoms with Gasteiger partial charge < -0.3 is 4.74 Å². The molecule has 19 heavy (non-hydrogen) atoms. The van der Waals surface area contributed by atoms with Crippen molar-refractivity contribution in [1.82, 2.24) is 4.31 Å². The van der Waals surface area contributed by atoms with Crippen LogP contribution in [0, 0.1) is 0 Å². The van der Waals surface area contributed by atoms with Gasteiger partial charge in [0.05, 0.1) is 11.0 Å². The highest BCUT2D eigenvalue weighted by atomic mass is 35.5. The van der Waals surface area contributed by atoms with Crippen LogP contribution >= 0.6 is 11.6 Å². The lowest BCUT2D eigenvalue weighted by Crippen LogP contribution is -2.36. The first kappa shape index (κ1) is 14.8. The minimum atomic E-state index is -3.49. The minimum Gasteiger partial charge on any atom is -0.377 e. The Bertz CT molecular complexity index is 532. The molecule has 0 spiro atoms. The van der Waals surface area contributed by atoms with E-state index in [0.717, 1.165) is 0 Å². The van der Waals surface area contributed by atoms with Crippen LogP contribution in [-0.2, 0) is 20.6 Å². The van der Waals surface area contributed by atoms with Crippen LogP contribution in [0.15, 0.2) is 29.2 Å². The van der Waals surface area contributed by atoms with E-state index in [2.05, 4.69) is 0 Å². The van der Waals surface area contributed by atoms with E-state index in [4.69, 9.17) is 16.3 Å². The molecule has 0 bridgehead atoms. The molecule has 4 nitrogen and oxygen atoms in total. The van der Waals surface area contributed by atoms with E-state index in [-0.39, 0.29) is 12.0 Å². The van der Waals surface area contributed by atoms with Crippen LogP contribution < -0.4 is 0 Å². The van der Waals surface area contributed by atoms with Crippen molar-refractivity contribution in [1.29, 1.82) is 0 Å². The molecule has 1 aliphatic rings. The van der Waals surface area contributed by atoms with Crippen molar-refractivity contribution in [3.05, 3.63) is 29.8 Å². The van der Waals surface area contributed by atoms with E-state index in [1.165, 1.54) is 4.31 Å². The van der Waals surface area contributed by atoms with Gasteiger partial charge in [0.2, 0.25) is 10.0 Å². The second-order valence-corrected chi connectivity index (χ2v) is 6.81. The molecule has 1 aromatic rings. The first-order valence-corrected chi connectivity index (χ1v) is 8.29. The van der Waals surface area contributed by atoms with Crippen molar-refractivity contribution < 1.29 is 13.2 Å². The molecule has 0 aliphatic carbocycles. The Labute approximate surface area is 119 Å². The molecule has 0 N–H and O–H groups in total. The lowest BCUT2D eigenvalue weighted by molar-refractivity contribution is 0.0752. The van der Waals surface area contributed by atoms with Gasteiger partial charge in [-0.1, -0.05) is 18.2 Å². The van der Waals surface area contributed by atoms with E-state index < -0.39 is 10.0 Å². The Morgan fingerprint density at radius 2 is 2.16 bits per heavy atom. The van der Waals surface area contributed by atoms with Crippen molar-refractivity contribution in [2.75, 3.05) is 19.7 Å². The summed E-state index contributed by atoms with van der Waals surface area (Å²) in [7, 11) is -3.49. The highest BCUT2D eigenvalue weighted by Crippen LogP contribution is 2.23. The van der Waals surface area contributed by atoms with E-state index in [1.54, 1.807) is 24.3 Å². The van der Waals surface area contributed by atoms with Crippen molar-refractivity contribution in [2.24, 2.45) is 0 Å². The lowest BCUT2D eigenvalue weighted by atomic mass is 10.2. The molecule has 1 fully saturated rings. The molecule has 1 aromatic carbocycles. The maximum absolute atomic E-state index is 12.7. The molecular weight excluding hydrogens is 286 g/mol. The van der Waals surface area contributed by atoms with Crippen LogP contribution in [0.5, 0.6) is 0 Å². The maximum Gasteiger partial charge on any atom is 0.243 e. The van der Waals surface area contributed by atoms with E-state index >= 15 is 0 Å². The van der Waals surface area contributed by atoms with Gasteiger partial charge in [0.25, 0.3) is 0 Å². The summed E-state index contributed by atoms with van der Waals surface area (Å²) in [5, 5.41) is 0. The van der Waals surface area contributed by atoms with Crippen LogP contribution in [0.2, 0.25) is 0 Å². The molecule has 1 saturated heterocycles. The average molecular weight is 304 g/mol. The second-order valence-electron chi connectivity index (χ2n) is 4.64. The standard InChI is InChI=1S/C13H18ClNO3S/c1-11-10-15(7-4-8-18-11)19(16,17)13-6-3-2-5-12(13)9-14/h2-3,5-6,11H,4,7-10H2,1H3.